The summed E-state index contributed by atoms with van der Waals surface area (Å²) in [5.41, 5.74) is 1.77. The van der Waals surface area contributed by atoms with Crippen LogP contribution in [0.4, 0.5) is 0 Å². The zero-order valence-corrected chi connectivity index (χ0v) is 17.1. The fourth-order valence-corrected chi connectivity index (χ4v) is 4.53. The van der Waals surface area contributed by atoms with E-state index in [0.29, 0.717) is 24.6 Å². The van der Waals surface area contributed by atoms with E-state index in [1.807, 2.05) is 48.5 Å². The molecule has 0 unspecified atom stereocenters. The van der Waals surface area contributed by atoms with Gasteiger partial charge in [0.15, 0.2) is 11.5 Å². The predicted octanol–water partition coefficient (Wildman–Crippen LogP) is 3.84. The molecule has 0 bridgehead atoms. The van der Waals surface area contributed by atoms with E-state index in [1.54, 1.807) is 12.0 Å². The van der Waals surface area contributed by atoms with Crippen LogP contribution in [0.5, 0.6) is 11.5 Å². The van der Waals surface area contributed by atoms with Gasteiger partial charge < -0.3 is 19.5 Å². The molecule has 6 nitrogen and oxygen atoms in total. The Morgan fingerprint density at radius 1 is 1.10 bits per heavy atom. The number of rotatable bonds is 7. The van der Waals surface area contributed by atoms with Gasteiger partial charge in [0, 0.05) is 19.0 Å². The molecule has 0 spiro atoms. The molecule has 158 valence electrons. The molecule has 30 heavy (non-hydrogen) atoms. The van der Waals surface area contributed by atoms with Gasteiger partial charge in [0.1, 0.15) is 5.92 Å². The maximum absolute atomic E-state index is 12.9. The first-order valence-electron chi connectivity index (χ1n) is 10.5. The fourth-order valence-electron chi connectivity index (χ4n) is 4.53. The molecule has 1 saturated heterocycles. The van der Waals surface area contributed by atoms with Crippen LogP contribution < -0.4 is 9.47 Å². The Balaban J connectivity index is 1.60. The van der Waals surface area contributed by atoms with Gasteiger partial charge in [0.2, 0.25) is 5.91 Å². The Morgan fingerprint density at radius 2 is 1.83 bits per heavy atom. The minimum Gasteiger partial charge on any atom is -0.493 e. The lowest BCUT2D eigenvalue weighted by molar-refractivity contribution is -0.148. The Labute approximate surface area is 176 Å². The van der Waals surface area contributed by atoms with Crippen LogP contribution in [-0.4, -0.2) is 41.6 Å². The van der Waals surface area contributed by atoms with Crippen molar-refractivity contribution in [1.29, 1.82) is 0 Å². The summed E-state index contributed by atoms with van der Waals surface area (Å²) in [4.78, 5) is 26.5. The minimum absolute atomic E-state index is 0.157. The number of likely N-dealkylation sites (tertiary alicyclic amines) is 1. The Morgan fingerprint density at radius 3 is 2.50 bits per heavy atom. The lowest BCUT2D eigenvalue weighted by atomic mass is 9.88. The molecule has 4 rings (SSSR count). The molecule has 2 aromatic carbocycles. The van der Waals surface area contributed by atoms with Crippen molar-refractivity contribution in [3.63, 3.8) is 0 Å². The quantitative estimate of drug-likeness (QED) is 0.703. The number of carbonyl (C=O) groups excluding carboxylic acids is 1. The van der Waals surface area contributed by atoms with Crippen molar-refractivity contribution in [2.75, 3.05) is 13.7 Å². The van der Waals surface area contributed by atoms with Crippen LogP contribution in [-0.2, 0) is 16.1 Å². The molecule has 0 radical (unpaired) electrons. The molecular formula is C24H27NO5. The van der Waals surface area contributed by atoms with Gasteiger partial charge in [-0.25, -0.2) is 0 Å². The third kappa shape index (κ3) is 4.13. The van der Waals surface area contributed by atoms with E-state index >= 15 is 0 Å². The summed E-state index contributed by atoms with van der Waals surface area (Å²) >= 11 is 0. The molecule has 1 N–H and O–H groups in total. The molecule has 1 saturated carbocycles. The molecule has 1 amide bonds. The van der Waals surface area contributed by atoms with Gasteiger partial charge in [-0.2, -0.15) is 0 Å². The van der Waals surface area contributed by atoms with E-state index < -0.39 is 17.8 Å². The second-order valence-corrected chi connectivity index (χ2v) is 8.06. The summed E-state index contributed by atoms with van der Waals surface area (Å²) in [5.74, 6) is -1.71. The maximum atomic E-state index is 12.9. The lowest BCUT2D eigenvalue weighted by Crippen LogP contribution is -2.30. The summed E-state index contributed by atoms with van der Waals surface area (Å²) in [5, 5.41) is 9.80. The molecule has 2 aromatic rings. The third-order valence-corrected chi connectivity index (χ3v) is 6.09. The average molecular weight is 409 g/mol. The van der Waals surface area contributed by atoms with Gasteiger partial charge in [0.25, 0.3) is 0 Å². The van der Waals surface area contributed by atoms with Crippen molar-refractivity contribution in [3.8, 4) is 11.5 Å². The summed E-state index contributed by atoms with van der Waals surface area (Å²) < 4.78 is 11.6. The van der Waals surface area contributed by atoms with Crippen LogP contribution >= 0.6 is 0 Å². The average Bonchev–Trinajstić information content (AvgIpc) is 3.37. The predicted molar refractivity (Wildman–Crippen MR) is 112 cm³/mol. The Bertz CT molecular complexity index is 907. The first-order valence-corrected chi connectivity index (χ1v) is 10.5. The Hall–Kier alpha value is -3.02. The van der Waals surface area contributed by atoms with E-state index in [2.05, 4.69) is 0 Å². The minimum atomic E-state index is -1.10. The molecule has 2 aliphatic rings. The third-order valence-electron chi connectivity index (χ3n) is 6.09. The zero-order chi connectivity index (χ0) is 21.1. The number of carboxylic acids is 1. The van der Waals surface area contributed by atoms with E-state index in [1.165, 1.54) is 0 Å². The van der Waals surface area contributed by atoms with Gasteiger partial charge in [0.05, 0.1) is 13.2 Å². The van der Waals surface area contributed by atoms with Crippen molar-refractivity contribution in [3.05, 3.63) is 59.7 Å². The number of nitrogens with zero attached hydrogens (tertiary/aromatic N) is 1. The highest BCUT2D eigenvalue weighted by atomic mass is 16.5. The summed E-state index contributed by atoms with van der Waals surface area (Å²) in [6.45, 7) is 0.765. The van der Waals surface area contributed by atoms with Crippen molar-refractivity contribution < 1.29 is 24.2 Å². The van der Waals surface area contributed by atoms with Gasteiger partial charge in [-0.15, -0.1) is 0 Å². The van der Waals surface area contributed by atoms with Crippen molar-refractivity contribution in [2.24, 2.45) is 5.92 Å². The summed E-state index contributed by atoms with van der Waals surface area (Å²) in [6.07, 6.45) is 4.48. The largest absolute Gasteiger partial charge is 0.493 e. The molecule has 6 heteroatoms. The van der Waals surface area contributed by atoms with Crippen molar-refractivity contribution in [2.45, 2.75) is 44.2 Å². The number of hydrogen-bond donors (Lipinski definition) is 1. The van der Waals surface area contributed by atoms with E-state index in [4.69, 9.17) is 9.47 Å². The highest BCUT2D eigenvalue weighted by Crippen LogP contribution is 2.39. The normalized spacial score (nSPS) is 21.8. The van der Waals surface area contributed by atoms with Crippen LogP contribution in [0, 0.1) is 5.92 Å². The van der Waals surface area contributed by atoms with Gasteiger partial charge in [-0.05, 0) is 48.9 Å². The van der Waals surface area contributed by atoms with Crippen molar-refractivity contribution >= 4 is 11.9 Å². The standard InChI is InChI=1S/C24H27NO5/c1-29-20-12-11-17(13-21(20)30-18-9-5-6-10-18)19-15-25(23(26)22(19)24(27)28)14-16-7-3-2-4-8-16/h2-4,7-8,11-13,18-19,22H,5-6,9-10,14-15H2,1H3,(H,27,28)/t19-,22-/m1/s1. The van der Waals surface area contributed by atoms with Crippen LogP contribution in [0.2, 0.25) is 0 Å². The SMILES string of the molecule is COc1ccc([C@H]2CN(Cc3ccccc3)C(=O)[C@@H]2C(=O)O)cc1OC1CCCC1. The molecule has 1 aliphatic carbocycles. The zero-order valence-electron chi connectivity index (χ0n) is 17.1. The number of carbonyl (C=O) groups is 2. The highest BCUT2D eigenvalue weighted by molar-refractivity contribution is 6.00. The summed E-state index contributed by atoms with van der Waals surface area (Å²) in [6, 6.07) is 15.1. The fraction of sp³-hybridized carbons (Fsp3) is 0.417. The monoisotopic (exact) mass is 409 g/mol. The van der Waals surface area contributed by atoms with E-state index in [-0.39, 0.29) is 12.0 Å². The van der Waals surface area contributed by atoms with Gasteiger partial charge in [-0.3, -0.25) is 9.59 Å². The number of hydrogen-bond acceptors (Lipinski definition) is 4. The highest BCUT2D eigenvalue weighted by Gasteiger charge is 2.46. The second-order valence-electron chi connectivity index (χ2n) is 8.06. The number of aliphatic carboxylic acids is 1. The van der Waals surface area contributed by atoms with Crippen molar-refractivity contribution in [1.82, 2.24) is 4.90 Å². The second kappa shape index (κ2) is 8.78. The summed E-state index contributed by atoms with van der Waals surface area (Å²) in [7, 11) is 1.59. The van der Waals surface area contributed by atoms with Gasteiger partial charge >= 0.3 is 5.97 Å². The first-order chi connectivity index (χ1) is 14.6. The van der Waals surface area contributed by atoms with Gasteiger partial charge in [-0.1, -0.05) is 36.4 Å². The number of ether oxygens (including phenoxy) is 2. The molecular weight excluding hydrogens is 382 g/mol. The van der Waals surface area contributed by atoms with Crippen LogP contribution in [0.1, 0.15) is 42.7 Å². The molecule has 1 heterocycles. The molecule has 0 aromatic heterocycles. The van der Waals surface area contributed by atoms with E-state index in [9.17, 15) is 14.7 Å². The smallest absolute Gasteiger partial charge is 0.316 e. The van der Waals surface area contributed by atoms with Crippen LogP contribution in [0.25, 0.3) is 0 Å². The molecule has 2 atom stereocenters. The van der Waals surface area contributed by atoms with Crippen LogP contribution in [0.3, 0.4) is 0 Å². The topological polar surface area (TPSA) is 76.1 Å². The van der Waals surface area contributed by atoms with Crippen LogP contribution in [0.15, 0.2) is 48.5 Å². The number of carboxylic acid groups (broad SMARTS) is 1. The number of benzene rings is 2. The first kappa shape index (κ1) is 20.3. The maximum Gasteiger partial charge on any atom is 0.316 e. The van der Waals surface area contributed by atoms with E-state index in [0.717, 1.165) is 36.8 Å². The molecule has 1 aliphatic heterocycles. The Kier molecular flexibility index (Phi) is 5.93. The number of amides is 1. The lowest BCUT2D eigenvalue weighted by Gasteiger charge is -2.20. The molecule has 2 fully saturated rings. The number of methoxy groups -OCH3 is 1.